The van der Waals surface area contributed by atoms with Crippen LogP contribution in [0.1, 0.15) is 45.7 Å². The Balaban J connectivity index is 0.00000300. The molecule has 1 aromatic carbocycles. The van der Waals surface area contributed by atoms with Crippen molar-refractivity contribution >= 4 is 29.9 Å². The number of hydrogen-bond acceptors (Lipinski definition) is 4. The highest BCUT2D eigenvalue weighted by Crippen LogP contribution is 2.35. The van der Waals surface area contributed by atoms with Crippen LogP contribution in [0.3, 0.4) is 0 Å². The van der Waals surface area contributed by atoms with E-state index in [4.69, 9.17) is 14.5 Å². The quantitative estimate of drug-likeness (QED) is 0.345. The van der Waals surface area contributed by atoms with Gasteiger partial charge >= 0.3 is 0 Å². The Bertz CT molecular complexity index is 710. The van der Waals surface area contributed by atoms with Gasteiger partial charge in [-0.3, -0.25) is 4.90 Å². The van der Waals surface area contributed by atoms with Crippen molar-refractivity contribution in [2.24, 2.45) is 10.9 Å². The third kappa shape index (κ3) is 5.90. The van der Waals surface area contributed by atoms with Gasteiger partial charge in [-0.1, -0.05) is 6.92 Å². The molecule has 2 aliphatic rings. The first-order valence-corrected chi connectivity index (χ1v) is 10.6. The molecule has 3 rings (SSSR count). The number of likely N-dealkylation sites (tertiary alicyclic amines) is 1. The molecule has 3 atom stereocenters. The summed E-state index contributed by atoms with van der Waals surface area (Å²) in [6.07, 6.45) is 1.16. The first kappa shape index (κ1) is 24.1. The number of hydrogen-bond donors (Lipinski definition) is 2. The Kier molecular flexibility index (Phi) is 8.88. The van der Waals surface area contributed by atoms with Crippen molar-refractivity contribution in [1.29, 1.82) is 0 Å². The van der Waals surface area contributed by atoms with Gasteiger partial charge in [0.1, 0.15) is 17.6 Å². The molecular weight excluding hydrogens is 479 g/mol. The summed E-state index contributed by atoms with van der Waals surface area (Å²) in [6.45, 7) is 14.6. The molecule has 1 saturated heterocycles. The summed E-state index contributed by atoms with van der Waals surface area (Å²) in [4.78, 5) is 7.37. The molecule has 0 amide bonds. The maximum Gasteiger partial charge on any atom is 0.191 e. The van der Waals surface area contributed by atoms with E-state index in [9.17, 15) is 0 Å². The molecule has 2 aliphatic heterocycles. The Labute approximate surface area is 192 Å². The van der Waals surface area contributed by atoms with E-state index in [1.807, 2.05) is 0 Å². The van der Waals surface area contributed by atoms with Gasteiger partial charge in [0.2, 0.25) is 0 Å². The Hall–Kier alpha value is -1.22. The number of fused-ring (bicyclic) bond motifs is 1. The maximum atomic E-state index is 5.92. The van der Waals surface area contributed by atoms with Gasteiger partial charge < -0.3 is 20.1 Å². The van der Waals surface area contributed by atoms with Crippen molar-refractivity contribution in [3.05, 3.63) is 23.3 Å². The second-order valence-corrected chi connectivity index (χ2v) is 8.38. The van der Waals surface area contributed by atoms with Crippen LogP contribution in [0.5, 0.6) is 11.5 Å². The van der Waals surface area contributed by atoms with E-state index < -0.39 is 0 Å². The monoisotopic (exact) mass is 516 g/mol. The van der Waals surface area contributed by atoms with Gasteiger partial charge in [-0.2, -0.15) is 0 Å². The minimum atomic E-state index is 0. The van der Waals surface area contributed by atoms with Gasteiger partial charge in [0.05, 0.1) is 13.7 Å². The maximum absolute atomic E-state index is 5.92. The van der Waals surface area contributed by atoms with Crippen LogP contribution < -0.4 is 20.1 Å². The van der Waals surface area contributed by atoms with E-state index in [1.54, 1.807) is 7.11 Å². The summed E-state index contributed by atoms with van der Waals surface area (Å²) in [6, 6.07) is 5.17. The fourth-order valence-electron chi connectivity index (χ4n) is 4.07. The molecule has 3 unspecified atom stereocenters. The summed E-state index contributed by atoms with van der Waals surface area (Å²) >= 11 is 0. The number of rotatable bonds is 6. The summed E-state index contributed by atoms with van der Waals surface area (Å²) in [5.74, 6) is 3.31. The normalized spacial score (nSPS) is 24.1. The molecule has 0 saturated carbocycles. The molecule has 0 aliphatic carbocycles. The van der Waals surface area contributed by atoms with Crippen molar-refractivity contribution in [2.75, 3.05) is 26.7 Å². The van der Waals surface area contributed by atoms with Crippen LogP contribution >= 0.6 is 24.0 Å². The lowest BCUT2D eigenvalue weighted by atomic mass is 10.1. The highest BCUT2D eigenvalue weighted by molar-refractivity contribution is 14.0. The van der Waals surface area contributed by atoms with Crippen LogP contribution in [0, 0.1) is 5.92 Å². The number of methoxy groups -OCH3 is 1. The third-order valence-corrected chi connectivity index (χ3v) is 5.74. The van der Waals surface area contributed by atoms with Gasteiger partial charge in [-0.05, 0) is 45.7 Å². The SMILES string of the molecule is CCNC(=NCc1cc2c(cc1OC)CC(C)O2)NC1CN(C(C)C)CC1C.I. The smallest absolute Gasteiger partial charge is 0.191 e. The van der Waals surface area contributed by atoms with E-state index in [1.165, 1.54) is 5.56 Å². The number of nitrogens with zero attached hydrogens (tertiary/aromatic N) is 2. The summed E-state index contributed by atoms with van der Waals surface area (Å²) < 4.78 is 11.5. The highest BCUT2D eigenvalue weighted by Gasteiger charge is 2.31. The van der Waals surface area contributed by atoms with Crippen LogP contribution in [0.2, 0.25) is 0 Å². The van der Waals surface area contributed by atoms with Crippen LogP contribution in [-0.4, -0.2) is 55.8 Å². The zero-order chi connectivity index (χ0) is 20.3. The molecule has 0 bridgehead atoms. The van der Waals surface area contributed by atoms with Gasteiger partial charge in [0.15, 0.2) is 5.96 Å². The van der Waals surface area contributed by atoms with Gasteiger partial charge in [0, 0.05) is 49.3 Å². The predicted octanol–water partition coefficient (Wildman–Crippen LogP) is 3.42. The molecule has 7 heteroatoms. The van der Waals surface area contributed by atoms with Crippen LogP contribution in [-0.2, 0) is 13.0 Å². The average molecular weight is 516 g/mol. The minimum Gasteiger partial charge on any atom is -0.496 e. The lowest BCUT2D eigenvalue weighted by molar-refractivity contribution is 0.254. The fraction of sp³-hybridized carbons (Fsp3) is 0.682. The molecule has 6 nitrogen and oxygen atoms in total. The van der Waals surface area contributed by atoms with Crippen molar-refractivity contribution in [1.82, 2.24) is 15.5 Å². The number of halogens is 1. The Morgan fingerprint density at radius 1 is 1.31 bits per heavy atom. The summed E-state index contributed by atoms with van der Waals surface area (Å²) in [5.41, 5.74) is 2.27. The van der Waals surface area contributed by atoms with Crippen LogP contribution in [0.25, 0.3) is 0 Å². The zero-order valence-electron chi connectivity index (χ0n) is 18.6. The summed E-state index contributed by atoms with van der Waals surface area (Å²) in [7, 11) is 1.72. The number of aliphatic imine (C=N–C) groups is 1. The molecule has 0 spiro atoms. The molecule has 29 heavy (non-hydrogen) atoms. The van der Waals surface area contributed by atoms with Crippen LogP contribution in [0.15, 0.2) is 17.1 Å². The van der Waals surface area contributed by atoms with Crippen molar-refractivity contribution < 1.29 is 9.47 Å². The van der Waals surface area contributed by atoms with E-state index in [-0.39, 0.29) is 30.1 Å². The molecule has 2 N–H and O–H groups in total. The first-order chi connectivity index (χ1) is 13.4. The number of ether oxygens (including phenoxy) is 2. The highest BCUT2D eigenvalue weighted by atomic mass is 127. The number of nitrogens with one attached hydrogen (secondary N) is 2. The first-order valence-electron chi connectivity index (χ1n) is 10.6. The van der Waals surface area contributed by atoms with E-state index in [2.05, 4.69) is 62.3 Å². The van der Waals surface area contributed by atoms with E-state index >= 15 is 0 Å². The third-order valence-electron chi connectivity index (χ3n) is 5.74. The second-order valence-electron chi connectivity index (χ2n) is 8.38. The molecule has 1 aromatic rings. The predicted molar refractivity (Wildman–Crippen MR) is 130 cm³/mol. The van der Waals surface area contributed by atoms with E-state index in [0.29, 0.717) is 24.5 Å². The molecule has 2 heterocycles. The standard InChI is InChI=1S/C22H36N4O2.HI/c1-7-23-22(25-19-13-26(14(2)3)12-15(19)4)24-11-18-10-21-17(8-16(5)28-21)9-20(18)27-6;/h9-10,14-16,19H,7-8,11-13H2,1-6H3,(H2,23,24,25);1H. The van der Waals surface area contributed by atoms with Gasteiger partial charge in [-0.15, -0.1) is 24.0 Å². The van der Waals surface area contributed by atoms with Gasteiger partial charge in [-0.25, -0.2) is 4.99 Å². The van der Waals surface area contributed by atoms with Crippen molar-refractivity contribution in [2.45, 2.75) is 65.8 Å². The Morgan fingerprint density at radius 3 is 2.69 bits per heavy atom. The molecule has 164 valence electrons. The topological polar surface area (TPSA) is 58.1 Å². The second kappa shape index (κ2) is 10.7. The summed E-state index contributed by atoms with van der Waals surface area (Å²) in [5, 5.41) is 7.03. The molecule has 0 aromatic heterocycles. The lowest BCUT2D eigenvalue weighted by Gasteiger charge is -2.22. The Morgan fingerprint density at radius 2 is 2.07 bits per heavy atom. The molecule has 0 radical (unpaired) electrons. The average Bonchev–Trinajstić information content (AvgIpc) is 3.20. The fourth-order valence-corrected chi connectivity index (χ4v) is 4.07. The van der Waals surface area contributed by atoms with Gasteiger partial charge in [0.25, 0.3) is 0 Å². The van der Waals surface area contributed by atoms with Crippen molar-refractivity contribution in [3.63, 3.8) is 0 Å². The minimum absolute atomic E-state index is 0. The van der Waals surface area contributed by atoms with E-state index in [0.717, 1.165) is 49.1 Å². The molecular formula is C22H37IN4O2. The van der Waals surface area contributed by atoms with Crippen LogP contribution in [0.4, 0.5) is 0 Å². The zero-order valence-corrected chi connectivity index (χ0v) is 20.9. The number of benzene rings is 1. The largest absolute Gasteiger partial charge is 0.496 e. The number of guanidine groups is 1. The van der Waals surface area contributed by atoms with Crippen molar-refractivity contribution in [3.8, 4) is 11.5 Å². The lowest BCUT2D eigenvalue weighted by Crippen LogP contribution is -2.46. The molecule has 1 fully saturated rings.